The minimum Gasteiger partial charge on any atom is -0.378 e. The quantitative estimate of drug-likeness (QED) is 0.763. The lowest BCUT2D eigenvalue weighted by molar-refractivity contribution is 0.0297. The molecular weight excluding hydrogens is 402 g/mol. The van der Waals surface area contributed by atoms with Gasteiger partial charge in [-0.05, 0) is 42.9 Å². The Morgan fingerprint density at radius 3 is 2.74 bits per heavy atom. The van der Waals surface area contributed by atoms with Crippen molar-refractivity contribution in [2.75, 3.05) is 26.3 Å². The number of hydrogen-bond donors (Lipinski definition) is 1. The van der Waals surface area contributed by atoms with Crippen molar-refractivity contribution in [2.24, 2.45) is 5.92 Å². The number of aromatic nitrogens is 2. The lowest BCUT2D eigenvalue weighted by atomic mass is 9.90. The first kappa shape index (κ1) is 21.9. The van der Waals surface area contributed by atoms with Crippen LogP contribution in [0.1, 0.15) is 47.6 Å². The molecule has 1 fully saturated rings. The van der Waals surface area contributed by atoms with Crippen LogP contribution in [0.25, 0.3) is 0 Å². The molecule has 1 aliphatic heterocycles. The maximum atomic E-state index is 13.5. The van der Waals surface area contributed by atoms with Gasteiger partial charge in [0, 0.05) is 43.5 Å². The number of morpholine rings is 1. The van der Waals surface area contributed by atoms with Crippen molar-refractivity contribution >= 4 is 5.91 Å². The maximum Gasteiger partial charge on any atom is 0.274 e. The average molecular weight is 433 g/mol. The third-order valence-corrected chi connectivity index (χ3v) is 5.96. The summed E-state index contributed by atoms with van der Waals surface area (Å²) in [7, 11) is 0. The van der Waals surface area contributed by atoms with E-state index in [0.717, 1.165) is 36.7 Å². The van der Waals surface area contributed by atoms with Crippen LogP contribution in [0.2, 0.25) is 0 Å². The Balaban J connectivity index is 1.52. The van der Waals surface area contributed by atoms with Gasteiger partial charge < -0.3 is 15.0 Å². The molecule has 1 atom stereocenters. The minimum absolute atomic E-state index is 0.0247. The molecular formula is C23H30F2N4O2. The van der Waals surface area contributed by atoms with E-state index in [1.807, 2.05) is 9.58 Å². The number of benzene rings is 1. The van der Waals surface area contributed by atoms with Crippen LogP contribution in [-0.4, -0.2) is 52.9 Å². The van der Waals surface area contributed by atoms with Crippen molar-refractivity contribution in [2.45, 2.75) is 52.2 Å². The predicted molar refractivity (Wildman–Crippen MR) is 113 cm³/mol. The molecule has 0 bridgehead atoms. The Kier molecular flexibility index (Phi) is 6.67. The zero-order valence-electron chi connectivity index (χ0n) is 18.2. The molecule has 31 heavy (non-hydrogen) atoms. The van der Waals surface area contributed by atoms with E-state index in [0.29, 0.717) is 56.4 Å². The molecule has 1 amide bonds. The van der Waals surface area contributed by atoms with Crippen molar-refractivity contribution < 1.29 is 18.3 Å². The highest BCUT2D eigenvalue weighted by Crippen LogP contribution is 2.27. The van der Waals surface area contributed by atoms with E-state index in [-0.39, 0.29) is 11.9 Å². The molecule has 1 N–H and O–H groups in total. The van der Waals surface area contributed by atoms with Gasteiger partial charge in [-0.25, -0.2) is 8.78 Å². The van der Waals surface area contributed by atoms with Crippen LogP contribution in [0.5, 0.6) is 0 Å². The molecule has 168 valence electrons. The number of amides is 1. The zero-order valence-corrected chi connectivity index (χ0v) is 18.2. The maximum absolute atomic E-state index is 13.5. The fourth-order valence-electron chi connectivity index (χ4n) is 4.36. The summed E-state index contributed by atoms with van der Waals surface area (Å²) in [6.07, 6.45) is 2.44. The van der Waals surface area contributed by atoms with Gasteiger partial charge in [-0.2, -0.15) is 5.10 Å². The molecule has 1 aliphatic carbocycles. The second-order valence-electron chi connectivity index (χ2n) is 8.82. The fourth-order valence-corrected chi connectivity index (χ4v) is 4.36. The monoisotopic (exact) mass is 432 g/mol. The lowest BCUT2D eigenvalue weighted by Crippen LogP contribution is -2.41. The van der Waals surface area contributed by atoms with Gasteiger partial charge in [0.2, 0.25) is 0 Å². The first-order chi connectivity index (χ1) is 14.9. The summed E-state index contributed by atoms with van der Waals surface area (Å²) in [5, 5.41) is 8.20. The van der Waals surface area contributed by atoms with E-state index in [1.54, 1.807) is 6.07 Å². The average Bonchev–Trinajstić information content (AvgIpc) is 3.11. The Hall–Kier alpha value is -2.32. The molecule has 0 radical (unpaired) electrons. The molecule has 1 aromatic heterocycles. The van der Waals surface area contributed by atoms with Gasteiger partial charge in [0.15, 0.2) is 17.3 Å². The van der Waals surface area contributed by atoms with Crippen LogP contribution in [0.4, 0.5) is 8.78 Å². The van der Waals surface area contributed by atoms with Crippen LogP contribution >= 0.6 is 0 Å². The van der Waals surface area contributed by atoms with E-state index in [1.165, 1.54) is 6.07 Å². The highest BCUT2D eigenvalue weighted by Gasteiger charge is 2.31. The highest BCUT2D eigenvalue weighted by atomic mass is 19.2. The number of nitrogens with zero attached hydrogens (tertiary/aromatic N) is 3. The van der Waals surface area contributed by atoms with Gasteiger partial charge in [0.05, 0.1) is 13.2 Å². The fraction of sp³-hybridized carbons (Fsp3) is 0.565. The Labute approximate surface area is 181 Å². The summed E-state index contributed by atoms with van der Waals surface area (Å²) in [5.74, 6) is -1.27. The summed E-state index contributed by atoms with van der Waals surface area (Å²) in [6.45, 7) is 7.80. The van der Waals surface area contributed by atoms with E-state index in [2.05, 4.69) is 19.2 Å². The van der Waals surface area contributed by atoms with Crippen LogP contribution in [0.15, 0.2) is 18.2 Å². The second kappa shape index (κ2) is 9.44. The number of carbonyl (C=O) groups excluding carboxylic acids is 1. The summed E-state index contributed by atoms with van der Waals surface area (Å²) in [6, 6.07) is 4.12. The summed E-state index contributed by atoms with van der Waals surface area (Å²) in [5.41, 5.74) is 3.42. The summed E-state index contributed by atoms with van der Waals surface area (Å²) in [4.78, 5) is 15.0. The Morgan fingerprint density at radius 1 is 1.26 bits per heavy atom. The second-order valence-corrected chi connectivity index (χ2v) is 8.82. The van der Waals surface area contributed by atoms with E-state index in [4.69, 9.17) is 9.84 Å². The van der Waals surface area contributed by atoms with E-state index in [9.17, 15) is 13.6 Å². The molecule has 1 saturated heterocycles. The number of nitrogens with one attached hydrogen (secondary N) is 1. The summed E-state index contributed by atoms with van der Waals surface area (Å²) >= 11 is 0. The van der Waals surface area contributed by atoms with Crippen molar-refractivity contribution in [1.29, 1.82) is 0 Å². The van der Waals surface area contributed by atoms with E-state index < -0.39 is 11.6 Å². The molecule has 0 unspecified atom stereocenters. The first-order valence-corrected chi connectivity index (χ1v) is 11.0. The molecule has 1 aromatic carbocycles. The van der Waals surface area contributed by atoms with Crippen molar-refractivity contribution in [3.05, 3.63) is 52.3 Å². The third kappa shape index (κ3) is 4.96. The van der Waals surface area contributed by atoms with Crippen LogP contribution in [0.3, 0.4) is 0 Å². The zero-order chi connectivity index (χ0) is 22.0. The SMILES string of the molecule is CC(C)Cn1nc(C(=O)N2CCOCC2)c2c1CC[C@H](NCc1ccc(F)c(F)c1)C2. The molecule has 2 heterocycles. The van der Waals surface area contributed by atoms with Gasteiger partial charge in [-0.1, -0.05) is 19.9 Å². The Bertz CT molecular complexity index is 938. The normalized spacial score (nSPS) is 19.0. The minimum atomic E-state index is -0.838. The number of fused-ring (bicyclic) bond motifs is 1. The number of rotatable bonds is 6. The van der Waals surface area contributed by atoms with Crippen LogP contribution in [0, 0.1) is 17.6 Å². The largest absolute Gasteiger partial charge is 0.378 e. The van der Waals surface area contributed by atoms with E-state index >= 15 is 0 Å². The molecule has 0 spiro atoms. The topological polar surface area (TPSA) is 59.4 Å². The first-order valence-electron chi connectivity index (χ1n) is 11.0. The van der Waals surface area contributed by atoms with Crippen molar-refractivity contribution in [3.8, 4) is 0 Å². The summed E-state index contributed by atoms with van der Waals surface area (Å²) < 4.78 is 34.1. The number of halogens is 2. The van der Waals surface area contributed by atoms with Gasteiger partial charge in [-0.15, -0.1) is 0 Å². The van der Waals surface area contributed by atoms with Gasteiger partial charge in [0.1, 0.15) is 0 Å². The number of ether oxygens (including phenoxy) is 1. The lowest BCUT2D eigenvalue weighted by Gasteiger charge is -2.28. The molecule has 0 saturated carbocycles. The smallest absolute Gasteiger partial charge is 0.274 e. The standard InChI is InChI=1S/C23H30F2N4O2/c1-15(2)14-29-21-6-4-17(26-13-16-3-5-19(24)20(25)11-16)12-18(21)22(27-29)23(30)28-7-9-31-10-8-28/h3,5,11,15,17,26H,4,6-10,12-14H2,1-2H3/t17-/m0/s1. The molecule has 2 aliphatic rings. The van der Waals surface area contributed by atoms with Gasteiger partial charge in [0.25, 0.3) is 5.91 Å². The molecule has 6 nitrogen and oxygen atoms in total. The molecule has 4 rings (SSSR count). The third-order valence-electron chi connectivity index (χ3n) is 5.96. The molecule has 8 heteroatoms. The van der Waals surface area contributed by atoms with Crippen LogP contribution < -0.4 is 5.32 Å². The molecule has 2 aromatic rings. The highest BCUT2D eigenvalue weighted by molar-refractivity contribution is 5.94. The Morgan fingerprint density at radius 2 is 2.03 bits per heavy atom. The predicted octanol–water partition coefficient (Wildman–Crippen LogP) is 2.94. The van der Waals surface area contributed by atoms with Gasteiger partial charge >= 0.3 is 0 Å². The van der Waals surface area contributed by atoms with Crippen LogP contribution in [-0.2, 0) is 30.7 Å². The van der Waals surface area contributed by atoms with Crippen molar-refractivity contribution in [3.63, 3.8) is 0 Å². The number of carbonyl (C=O) groups is 1. The van der Waals surface area contributed by atoms with Crippen molar-refractivity contribution in [1.82, 2.24) is 20.0 Å². The van der Waals surface area contributed by atoms with Gasteiger partial charge in [-0.3, -0.25) is 9.48 Å². The number of hydrogen-bond acceptors (Lipinski definition) is 4.